The van der Waals surface area contributed by atoms with E-state index < -0.39 is 0 Å². The summed E-state index contributed by atoms with van der Waals surface area (Å²) in [5.74, 6) is 0.702. The van der Waals surface area contributed by atoms with Gasteiger partial charge in [-0.1, -0.05) is 170 Å². The molecule has 0 saturated carbocycles. The van der Waals surface area contributed by atoms with Crippen LogP contribution in [-0.4, -0.2) is 19.5 Å². The number of rotatable bonds is 5. The Labute approximate surface area is 317 Å². The van der Waals surface area contributed by atoms with Crippen molar-refractivity contribution in [2.75, 3.05) is 0 Å². The van der Waals surface area contributed by atoms with Gasteiger partial charge in [-0.2, -0.15) is 0 Å². The molecule has 0 aliphatic heterocycles. The summed E-state index contributed by atoms with van der Waals surface area (Å²) in [7, 11) is 0. The molecule has 11 rings (SSSR count). The first-order chi connectivity index (χ1) is 27.3. The third-order valence-corrected chi connectivity index (χ3v) is 10.8. The number of fused-ring (bicyclic) bond motifs is 8. The summed E-state index contributed by atoms with van der Waals surface area (Å²) in [4.78, 5) is 15.7. The molecule has 11 aromatic rings. The van der Waals surface area contributed by atoms with Gasteiger partial charge in [0, 0.05) is 60.3 Å². The highest BCUT2D eigenvalue weighted by molar-refractivity contribution is 6.27. The van der Waals surface area contributed by atoms with E-state index in [2.05, 4.69) is 180 Å². The first kappa shape index (κ1) is 31.1. The summed E-state index contributed by atoms with van der Waals surface area (Å²) < 4.78 is 2.43. The van der Waals surface area contributed by atoms with Crippen LogP contribution in [0.2, 0.25) is 0 Å². The van der Waals surface area contributed by atoms with Crippen LogP contribution in [0.25, 0.3) is 105 Å². The standard InChI is InChI=1S/C51H32N4/c1-4-15-34(16-5-1)47-41-22-10-12-25-44(41)52-51(54-47)36-29-27-33(28-30-36)38-23-14-24-42-46-43(48(53-49(38)42)35-17-6-2-7-18-35)32-31-40-39-21-11-13-26-45(39)55(50(40)46)37-19-8-3-9-20-37/h1-32H. The summed E-state index contributed by atoms with van der Waals surface area (Å²) in [5, 5.41) is 6.93. The molecule has 256 valence electrons. The average molecular weight is 701 g/mol. The van der Waals surface area contributed by atoms with Crippen molar-refractivity contribution in [2.45, 2.75) is 0 Å². The van der Waals surface area contributed by atoms with E-state index >= 15 is 0 Å². The summed E-state index contributed by atoms with van der Waals surface area (Å²) >= 11 is 0. The molecule has 4 nitrogen and oxygen atoms in total. The van der Waals surface area contributed by atoms with Crippen molar-refractivity contribution in [1.29, 1.82) is 0 Å². The lowest BCUT2D eigenvalue weighted by Crippen LogP contribution is -1.97. The second-order valence-corrected chi connectivity index (χ2v) is 14.0. The van der Waals surface area contributed by atoms with Crippen LogP contribution >= 0.6 is 0 Å². The summed E-state index contributed by atoms with van der Waals surface area (Å²) in [6, 6.07) is 68.4. The smallest absolute Gasteiger partial charge is 0.160 e. The number of nitrogens with zero attached hydrogens (tertiary/aromatic N) is 4. The highest BCUT2D eigenvalue weighted by Crippen LogP contribution is 2.43. The van der Waals surface area contributed by atoms with Gasteiger partial charge in [0.2, 0.25) is 0 Å². The van der Waals surface area contributed by atoms with Gasteiger partial charge in [-0.15, -0.1) is 0 Å². The Kier molecular flexibility index (Phi) is 7.14. The van der Waals surface area contributed by atoms with Crippen molar-refractivity contribution in [3.63, 3.8) is 0 Å². The molecule has 55 heavy (non-hydrogen) atoms. The van der Waals surface area contributed by atoms with Crippen molar-refractivity contribution >= 4 is 54.4 Å². The van der Waals surface area contributed by atoms with Crippen molar-refractivity contribution in [3.8, 4) is 50.7 Å². The zero-order chi connectivity index (χ0) is 36.3. The number of aromatic nitrogens is 4. The van der Waals surface area contributed by atoms with Crippen LogP contribution < -0.4 is 0 Å². The predicted octanol–water partition coefficient (Wildman–Crippen LogP) is 13.1. The topological polar surface area (TPSA) is 43.6 Å². The van der Waals surface area contributed by atoms with Gasteiger partial charge in [0.15, 0.2) is 5.82 Å². The van der Waals surface area contributed by atoms with Crippen LogP contribution in [-0.2, 0) is 0 Å². The zero-order valence-electron chi connectivity index (χ0n) is 29.8. The lowest BCUT2D eigenvalue weighted by atomic mass is 9.94. The van der Waals surface area contributed by atoms with Crippen molar-refractivity contribution in [1.82, 2.24) is 19.5 Å². The summed E-state index contributed by atoms with van der Waals surface area (Å²) in [6.45, 7) is 0. The van der Waals surface area contributed by atoms with Crippen LogP contribution in [0.15, 0.2) is 194 Å². The normalized spacial score (nSPS) is 11.6. The molecule has 3 heterocycles. The highest BCUT2D eigenvalue weighted by Gasteiger charge is 2.21. The minimum absolute atomic E-state index is 0.702. The monoisotopic (exact) mass is 700 g/mol. The van der Waals surface area contributed by atoms with Gasteiger partial charge in [0.05, 0.1) is 33.5 Å². The Morgan fingerprint density at radius 1 is 0.345 bits per heavy atom. The van der Waals surface area contributed by atoms with E-state index in [1.165, 1.54) is 27.2 Å². The Morgan fingerprint density at radius 2 is 0.927 bits per heavy atom. The quantitative estimate of drug-likeness (QED) is 0.168. The maximum atomic E-state index is 5.54. The lowest BCUT2D eigenvalue weighted by Gasteiger charge is -2.16. The van der Waals surface area contributed by atoms with Crippen LogP contribution in [0.3, 0.4) is 0 Å². The molecule has 0 aliphatic carbocycles. The van der Waals surface area contributed by atoms with Gasteiger partial charge < -0.3 is 4.57 Å². The van der Waals surface area contributed by atoms with Gasteiger partial charge in [-0.25, -0.2) is 15.0 Å². The van der Waals surface area contributed by atoms with E-state index in [-0.39, 0.29) is 0 Å². The van der Waals surface area contributed by atoms with Crippen LogP contribution in [0, 0.1) is 0 Å². The van der Waals surface area contributed by atoms with Gasteiger partial charge >= 0.3 is 0 Å². The van der Waals surface area contributed by atoms with Crippen molar-refractivity contribution in [3.05, 3.63) is 194 Å². The number of benzene rings is 8. The first-order valence-corrected chi connectivity index (χ1v) is 18.6. The molecular weight excluding hydrogens is 669 g/mol. The molecule has 0 spiro atoms. The van der Waals surface area contributed by atoms with Gasteiger partial charge in [-0.3, -0.25) is 0 Å². The number of hydrogen-bond acceptors (Lipinski definition) is 3. The molecule has 0 atom stereocenters. The molecule has 0 saturated heterocycles. The van der Waals surface area contributed by atoms with Crippen molar-refractivity contribution in [2.24, 2.45) is 0 Å². The molecule has 0 N–H and O–H groups in total. The molecule has 3 aromatic heterocycles. The Hall–Kier alpha value is -7.43. The number of hydrogen-bond donors (Lipinski definition) is 0. The minimum Gasteiger partial charge on any atom is -0.309 e. The second-order valence-electron chi connectivity index (χ2n) is 14.0. The minimum atomic E-state index is 0.702. The zero-order valence-corrected chi connectivity index (χ0v) is 29.8. The van der Waals surface area contributed by atoms with Crippen LogP contribution in [0.5, 0.6) is 0 Å². The van der Waals surface area contributed by atoms with E-state index in [1.54, 1.807) is 0 Å². The van der Waals surface area contributed by atoms with Gasteiger partial charge in [0.25, 0.3) is 0 Å². The van der Waals surface area contributed by atoms with E-state index in [0.717, 1.165) is 72.1 Å². The first-order valence-electron chi connectivity index (χ1n) is 18.6. The molecule has 0 aliphatic rings. The Balaban J connectivity index is 1.16. The van der Waals surface area contributed by atoms with Crippen molar-refractivity contribution < 1.29 is 0 Å². The average Bonchev–Trinajstić information content (AvgIpc) is 3.61. The van der Waals surface area contributed by atoms with Gasteiger partial charge in [0.1, 0.15) is 0 Å². The molecule has 0 fully saturated rings. The number of pyridine rings is 1. The molecular formula is C51H32N4. The Bertz CT molecular complexity index is 3220. The lowest BCUT2D eigenvalue weighted by molar-refractivity contribution is 1.19. The molecule has 0 unspecified atom stereocenters. The molecule has 8 aromatic carbocycles. The maximum Gasteiger partial charge on any atom is 0.160 e. The Morgan fingerprint density at radius 3 is 1.67 bits per heavy atom. The number of para-hydroxylation sites is 4. The maximum absolute atomic E-state index is 5.54. The van der Waals surface area contributed by atoms with Crippen LogP contribution in [0.1, 0.15) is 0 Å². The van der Waals surface area contributed by atoms with E-state index in [0.29, 0.717) is 5.82 Å². The third kappa shape index (κ3) is 5.03. The summed E-state index contributed by atoms with van der Waals surface area (Å²) in [5.41, 5.74) is 12.6. The van der Waals surface area contributed by atoms with E-state index in [1.807, 2.05) is 18.2 Å². The molecule has 4 heteroatoms. The fourth-order valence-electron chi connectivity index (χ4n) is 8.28. The summed E-state index contributed by atoms with van der Waals surface area (Å²) in [6.07, 6.45) is 0. The van der Waals surface area contributed by atoms with E-state index in [4.69, 9.17) is 15.0 Å². The molecule has 0 radical (unpaired) electrons. The highest BCUT2D eigenvalue weighted by atomic mass is 15.0. The fourth-order valence-corrected chi connectivity index (χ4v) is 8.28. The van der Waals surface area contributed by atoms with E-state index in [9.17, 15) is 0 Å². The molecule has 0 bridgehead atoms. The van der Waals surface area contributed by atoms with Crippen LogP contribution in [0.4, 0.5) is 0 Å². The molecule has 0 amide bonds. The largest absolute Gasteiger partial charge is 0.309 e. The third-order valence-electron chi connectivity index (χ3n) is 10.8. The van der Waals surface area contributed by atoms with Gasteiger partial charge in [-0.05, 0) is 29.8 Å². The predicted molar refractivity (Wildman–Crippen MR) is 228 cm³/mol. The second kappa shape index (κ2) is 12.6. The fraction of sp³-hybridized carbons (Fsp3) is 0. The SMILES string of the molecule is c1ccc(-c2nc(-c3ccc(-c4cccc5c4nc(-c4ccccc4)c4ccc6c7ccccc7n(-c7ccccc7)c6c45)cc3)nc3ccccc23)cc1.